The molecule has 1 N–H and O–H groups in total. The van der Waals surface area contributed by atoms with Crippen LogP contribution in [-0.2, 0) is 4.79 Å². The van der Waals surface area contributed by atoms with Crippen LogP contribution in [0.4, 0.5) is 5.82 Å². The fraction of sp³-hybridized carbons (Fsp3) is 0.500. The van der Waals surface area contributed by atoms with E-state index >= 15 is 0 Å². The van der Waals surface area contributed by atoms with Crippen LogP contribution in [0.5, 0.6) is 0 Å². The Morgan fingerprint density at radius 2 is 1.87 bits per heavy atom. The summed E-state index contributed by atoms with van der Waals surface area (Å²) in [5, 5.41) is 0. The van der Waals surface area contributed by atoms with Crippen molar-refractivity contribution in [3.63, 3.8) is 0 Å². The SMILES string of the molecule is O=C(C1CCCN(c2ccc3[nH]c(-c4cncc(C5CC5)c4)nc3n2)C1)N1CCCC1. The smallest absolute Gasteiger partial charge is 0.227 e. The lowest BCUT2D eigenvalue weighted by atomic mass is 9.96. The predicted octanol–water partition coefficient (Wildman–Crippen LogP) is 3.74. The maximum absolute atomic E-state index is 12.9. The highest BCUT2D eigenvalue weighted by atomic mass is 16.2. The van der Waals surface area contributed by atoms with Gasteiger partial charge in [-0.2, -0.15) is 0 Å². The second kappa shape index (κ2) is 7.62. The lowest BCUT2D eigenvalue weighted by Gasteiger charge is -2.34. The van der Waals surface area contributed by atoms with Crippen LogP contribution >= 0.6 is 0 Å². The Hall–Kier alpha value is -2.96. The van der Waals surface area contributed by atoms with Crippen LogP contribution in [0.15, 0.2) is 30.6 Å². The van der Waals surface area contributed by atoms with Crippen LogP contribution < -0.4 is 4.90 Å². The van der Waals surface area contributed by atoms with Gasteiger partial charge in [-0.1, -0.05) is 0 Å². The Morgan fingerprint density at radius 3 is 2.71 bits per heavy atom. The molecule has 3 aromatic rings. The quantitative estimate of drug-likeness (QED) is 0.701. The number of nitrogens with one attached hydrogen (secondary N) is 1. The monoisotopic (exact) mass is 416 g/mol. The molecule has 31 heavy (non-hydrogen) atoms. The highest BCUT2D eigenvalue weighted by Gasteiger charge is 2.31. The van der Waals surface area contributed by atoms with Gasteiger partial charge in [0.2, 0.25) is 5.91 Å². The van der Waals surface area contributed by atoms with Gasteiger partial charge in [0.25, 0.3) is 0 Å². The van der Waals surface area contributed by atoms with Gasteiger partial charge in [0, 0.05) is 44.1 Å². The lowest BCUT2D eigenvalue weighted by molar-refractivity contribution is -0.134. The summed E-state index contributed by atoms with van der Waals surface area (Å²) in [5.41, 5.74) is 3.96. The number of rotatable bonds is 4. The van der Waals surface area contributed by atoms with Gasteiger partial charge in [-0.25, -0.2) is 9.97 Å². The molecule has 1 unspecified atom stereocenters. The molecule has 3 aromatic heterocycles. The van der Waals surface area contributed by atoms with E-state index in [2.05, 4.69) is 31.9 Å². The van der Waals surface area contributed by atoms with Crippen LogP contribution in [0.3, 0.4) is 0 Å². The number of carbonyl (C=O) groups is 1. The molecule has 3 aliphatic rings. The normalized spacial score (nSPS) is 21.7. The number of fused-ring (bicyclic) bond motifs is 1. The first-order valence-electron chi connectivity index (χ1n) is 11.6. The zero-order valence-corrected chi connectivity index (χ0v) is 17.8. The van der Waals surface area contributed by atoms with Crippen molar-refractivity contribution in [3.05, 3.63) is 36.2 Å². The molecule has 2 aliphatic heterocycles. The van der Waals surface area contributed by atoms with Gasteiger partial charge in [0.15, 0.2) is 5.65 Å². The standard InChI is InChI=1S/C24H28N6O/c31-24(29-9-1-2-10-29)17-4-3-11-30(15-17)21-8-7-20-23(27-21)28-22(26-20)19-12-18(13-25-14-19)16-5-6-16/h7-8,12-14,16-17H,1-6,9-11,15H2,(H,26,27,28). The molecule has 1 amide bonds. The van der Waals surface area contributed by atoms with Gasteiger partial charge in [-0.15, -0.1) is 0 Å². The molecule has 0 radical (unpaired) electrons. The van der Waals surface area contributed by atoms with Crippen LogP contribution in [0.1, 0.15) is 50.0 Å². The second-order valence-corrected chi connectivity index (χ2v) is 9.22. The molecule has 1 saturated carbocycles. The predicted molar refractivity (Wildman–Crippen MR) is 120 cm³/mol. The van der Waals surface area contributed by atoms with Crippen molar-refractivity contribution in [2.75, 3.05) is 31.1 Å². The van der Waals surface area contributed by atoms with Gasteiger partial charge in [-0.3, -0.25) is 9.78 Å². The summed E-state index contributed by atoms with van der Waals surface area (Å²) in [5.74, 6) is 2.80. The van der Waals surface area contributed by atoms with Crippen LogP contribution in [-0.4, -0.2) is 56.9 Å². The summed E-state index contributed by atoms with van der Waals surface area (Å²) in [6.45, 7) is 3.53. The number of likely N-dealkylation sites (tertiary alicyclic amines) is 1. The summed E-state index contributed by atoms with van der Waals surface area (Å²) in [6.07, 6.45) is 10.6. The number of amides is 1. The Morgan fingerprint density at radius 1 is 1.00 bits per heavy atom. The number of hydrogen-bond acceptors (Lipinski definition) is 5. The molecule has 1 aliphatic carbocycles. The van der Waals surface area contributed by atoms with Crippen molar-refractivity contribution in [2.45, 2.75) is 44.4 Å². The zero-order valence-electron chi connectivity index (χ0n) is 17.8. The summed E-state index contributed by atoms with van der Waals surface area (Å²) in [7, 11) is 0. The minimum absolute atomic E-state index is 0.0790. The van der Waals surface area contributed by atoms with Crippen molar-refractivity contribution in [1.29, 1.82) is 0 Å². The van der Waals surface area contributed by atoms with E-state index in [0.29, 0.717) is 11.8 Å². The van der Waals surface area contributed by atoms with Crippen molar-refractivity contribution in [2.24, 2.45) is 5.92 Å². The van der Waals surface area contributed by atoms with Crippen LogP contribution in [0.25, 0.3) is 22.6 Å². The molecule has 7 nitrogen and oxygen atoms in total. The molecule has 3 fully saturated rings. The third kappa shape index (κ3) is 3.66. The summed E-state index contributed by atoms with van der Waals surface area (Å²) in [4.78, 5) is 34.6. The van der Waals surface area contributed by atoms with Gasteiger partial charge >= 0.3 is 0 Å². The first-order chi connectivity index (χ1) is 15.2. The molecule has 0 bridgehead atoms. The first kappa shape index (κ1) is 18.8. The number of piperidine rings is 1. The van der Waals surface area contributed by atoms with E-state index < -0.39 is 0 Å². The Bertz CT molecular complexity index is 1110. The van der Waals surface area contributed by atoms with E-state index in [1.165, 1.54) is 18.4 Å². The van der Waals surface area contributed by atoms with Gasteiger partial charge in [-0.05, 0) is 68.2 Å². The van der Waals surface area contributed by atoms with Crippen molar-refractivity contribution >= 4 is 22.9 Å². The Labute approximate surface area is 181 Å². The molecule has 6 rings (SSSR count). The van der Waals surface area contributed by atoms with Crippen molar-refractivity contribution in [3.8, 4) is 11.4 Å². The number of carbonyl (C=O) groups excluding carboxylic acids is 1. The van der Waals surface area contributed by atoms with Crippen molar-refractivity contribution in [1.82, 2.24) is 24.8 Å². The Kier molecular flexibility index (Phi) is 4.62. The van der Waals surface area contributed by atoms with Gasteiger partial charge in [0.05, 0.1) is 11.4 Å². The van der Waals surface area contributed by atoms with E-state index in [1.54, 1.807) is 0 Å². The average molecular weight is 417 g/mol. The number of nitrogens with zero attached hydrogens (tertiary/aromatic N) is 5. The summed E-state index contributed by atoms with van der Waals surface area (Å²) < 4.78 is 0. The summed E-state index contributed by atoms with van der Waals surface area (Å²) >= 11 is 0. The molecule has 160 valence electrons. The molecular formula is C24H28N6O. The van der Waals surface area contributed by atoms with E-state index in [1.807, 2.05) is 18.5 Å². The van der Waals surface area contributed by atoms with E-state index in [-0.39, 0.29) is 5.92 Å². The number of anilines is 1. The molecule has 0 aromatic carbocycles. The minimum atomic E-state index is 0.0790. The zero-order chi connectivity index (χ0) is 20.8. The Balaban J connectivity index is 1.23. The molecular weight excluding hydrogens is 388 g/mol. The first-order valence-corrected chi connectivity index (χ1v) is 11.6. The number of imidazole rings is 1. The van der Waals surface area contributed by atoms with Crippen molar-refractivity contribution < 1.29 is 4.79 Å². The van der Waals surface area contributed by atoms with E-state index in [0.717, 1.165) is 80.2 Å². The third-order valence-corrected chi connectivity index (χ3v) is 6.93. The fourth-order valence-electron chi connectivity index (χ4n) is 5.01. The highest BCUT2D eigenvalue weighted by molar-refractivity contribution is 5.80. The summed E-state index contributed by atoms with van der Waals surface area (Å²) in [6, 6.07) is 6.30. The maximum Gasteiger partial charge on any atom is 0.227 e. The van der Waals surface area contributed by atoms with Gasteiger partial charge in [0.1, 0.15) is 11.6 Å². The second-order valence-electron chi connectivity index (χ2n) is 9.22. The number of pyridine rings is 2. The van der Waals surface area contributed by atoms with Crippen LogP contribution in [0.2, 0.25) is 0 Å². The average Bonchev–Trinajstić information content (AvgIpc) is 3.35. The van der Waals surface area contributed by atoms with E-state index in [9.17, 15) is 4.79 Å². The molecule has 5 heterocycles. The van der Waals surface area contributed by atoms with Gasteiger partial charge < -0.3 is 14.8 Å². The topological polar surface area (TPSA) is 78.0 Å². The molecule has 7 heteroatoms. The van der Waals surface area contributed by atoms with Crippen LogP contribution in [0, 0.1) is 5.92 Å². The number of aromatic amines is 1. The lowest BCUT2D eigenvalue weighted by Crippen LogP contribution is -2.44. The molecule has 0 spiro atoms. The highest BCUT2D eigenvalue weighted by Crippen LogP contribution is 2.40. The number of H-pyrrole nitrogens is 1. The number of hydrogen-bond donors (Lipinski definition) is 1. The minimum Gasteiger partial charge on any atom is -0.356 e. The molecule has 2 saturated heterocycles. The van der Waals surface area contributed by atoms with E-state index in [4.69, 9.17) is 9.97 Å². The molecule has 1 atom stereocenters. The maximum atomic E-state index is 12.9. The third-order valence-electron chi connectivity index (χ3n) is 6.93. The fourth-order valence-corrected chi connectivity index (χ4v) is 5.01. The largest absolute Gasteiger partial charge is 0.356 e. The number of aromatic nitrogens is 4.